The molecule has 0 aromatic carbocycles. The number of amides is 2. The van der Waals surface area contributed by atoms with Gasteiger partial charge < -0.3 is 4.90 Å². The van der Waals surface area contributed by atoms with Gasteiger partial charge in [-0.25, -0.2) is 5.06 Å². The summed E-state index contributed by atoms with van der Waals surface area (Å²) in [4.78, 5) is 25.9. The number of rotatable bonds is 5. The number of hydroxylamine groups is 2. The lowest BCUT2D eigenvalue weighted by molar-refractivity contribution is -0.163. The molecule has 2 aliphatic rings. The van der Waals surface area contributed by atoms with E-state index in [9.17, 15) is 14.8 Å². The summed E-state index contributed by atoms with van der Waals surface area (Å²) in [5.41, 5.74) is -0.903. The molecule has 0 aliphatic carbocycles. The summed E-state index contributed by atoms with van der Waals surface area (Å²) in [7, 11) is 0. The Kier molecular flexibility index (Phi) is 4.23. The molecule has 0 aromatic rings. The largest absolute Gasteiger partial charge is 0.319 e. The van der Waals surface area contributed by atoms with E-state index in [1.807, 2.05) is 19.9 Å². The average Bonchev–Trinajstić information content (AvgIpc) is 2.86. The summed E-state index contributed by atoms with van der Waals surface area (Å²) < 4.78 is 0. The van der Waals surface area contributed by atoms with Gasteiger partial charge in [-0.3, -0.25) is 14.8 Å². The fraction of sp³-hybridized carbons (Fsp3) is 0.625. The molecule has 2 fully saturated rings. The Morgan fingerprint density at radius 2 is 1.76 bits per heavy atom. The first-order chi connectivity index (χ1) is 9.82. The number of hydrogen-bond acceptors (Lipinski definition) is 3. The molecule has 5 nitrogen and oxygen atoms in total. The number of carbonyl (C=O) groups is 2. The monoisotopic (exact) mass is 292 g/mol. The molecule has 0 unspecified atom stereocenters. The van der Waals surface area contributed by atoms with E-state index in [2.05, 4.69) is 6.58 Å². The fourth-order valence-corrected chi connectivity index (χ4v) is 3.07. The van der Waals surface area contributed by atoms with Crippen LogP contribution in [0.3, 0.4) is 0 Å². The Bertz CT molecular complexity index is 488. The van der Waals surface area contributed by atoms with Crippen LogP contribution in [0, 0.1) is 10.8 Å². The van der Waals surface area contributed by atoms with Crippen molar-refractivity contribution < 1.29 is 14.8 Å². The smallest absolute Gasteiger partial charge is 0.252 e. The van der Waals surface area contributed by atoms with E-state index in [-0.39, 0.29) is 17.2 Å². The summed E-state index contributed by atoms with van der Waals surface area (Å²) in [6.07, 6.45) is 8.12. The lowest BCUT2D eigenvalue weighted by Crippen LogP contribution is -2.30. The van der Waals surface area contributed by atoms with E-state index in [1.165, 1.54) is 0 Å². The maximum absolute atomic E-state index is 12.4. The number of likely N-dealkylation sites (tertiary alicyclic amines) is 1. The van der Waals surface area contributed by atoms with E-state index >= 15 is 0 Å². The van der Waals surface area contributed by atoms with E-state index < -0.39 is 5.41 Å². The molecule has 2 atom stereocenters. The van der Waals surface area contributed by atoms with Crippen LogP contribution in [0.5, 0.6) is 0 Å². The van der Waals surface area contributed by atoms with Gasteiger partial charge in [0.15, 0.2) is 0 Å². The highest BCUT2D eigenvalue weighted by Gasteiger charge is 2.42. The maximum Gasteiger partial charge on any atom is 0.252 e. The molecule has 0 spiro atoms. The van der Waals surface area contributed by atoms with Gasteiger partial charge in [-0.2, -0.15) is 0 Å². The summed E-state index contributed by atoms with van der Waals surface area (Å²) in [5.74, 6) is -0.123. The van der Waals surface area contributed by atoms with Crippen LogP contribution >= 0.6 is 0 Å². The van der Waals surface area contributed by atoms with Gasteiger partial charge in [0.05, 0.1) is 10.8 Å². The van der Waals surface area contributed by atoms with Crippen molar-refractivity contribution in [2.24, 2.45) is 10.8 Å². The Morgan fingerprint density at radius 1 is 1.14 bits per heavy atom. The van der Waals surface area contributed by atoms with Crippen molar-refractivity contribution in [3.8, 4) is 0 Å². The average molecular weight is 292 g/mol. The third-order valence-corrected chi connectivity index (χ3v) is 4.76. The normalized spacial score (nSPS) is 33.5. The zero-order valence-corrected chi connectivity index (χ0v) is 12.8. The number of carbonyl (C=O) groups excluding carboxylic acids is 2. The van der Waals surface area contributed by atoms with Crippen molar-refractivity contribution >= 4 is 11.8 Å². The quantitative estimate of drug-likeness (QED) is 0.625. The van der Waals surface area contributed by atoms with Crippen LogP contribution in [0.2, 0.25) is 0 Å². The second-order valence-electron chi connectivity index (χ2n) is 6.63. The minimum Gasteiger partial charge on any atom is -0.319 e. The van der Waals surface area contributed by atoms with Crippen LogP contribution in [-0.2, 0) is 9.59 Å². The van der Waals surface area contributed by atoms with Crippen LogP contribution in [0.25, 0.3) is 0 Å². The molecule has 2 heterocycles. The molecule has 1 N–H and O–H groups in total. The lowest BCUT2D eigenvalue weighted by atomic mass is 9.85. The van der Waals surface area contributed by atoms with Crippen LogP contribution in [0.15, 0.2) is 24.9 Å². The van der Waals surface area contributed by atoms with Crippen molar-refractivity contribution in [3.05, 3.63) is 24.9 Å². The van der Waals surface area contributed by atoms with Crippen LogP contribution in [-0.4, -0.2) is 40.1 Å². The molecular weight excluding hydrogens is 268 g/mol. The molecule has 5 heteroatoms. The van der Waals surface area contributed by atoms with E-state index in [0.717, 1.165) is 11.5 Å². The molecule has 0 saturated carbocycles. The predicted octanol–water partition coefficient (Wildman–Crippen LogP) is 2.33. The first-order valence-electron chi connectivity index (χ1n) is 7.42. The van der Waals surface area contributed by atoms with Crippen molar-refractivity contribution in [1.29, 1.82) is 0 Å². The fourth-order valence-electron chi connectivity index (χ4n) is 3.07. The molecule has 2 saturated heterocycles. The second-order valence-corrected chi connectivity index (χ2v) is 6.63. The van der Waals surface area contributed by atoms with Gasteiger partial charge in [-0.15, -0.1) is 6.58 Å². The van der Waals surface area contributed by atoms with Crippen LogP contribution < -0.4 is 0 Å². The topological polar surface area (TPSA) is 60.9 Å². The van der Waals surface area contributed by atoms with E-state index in [4.69, 9.17) is 0 Å². The van der Waals surface area contributed by atoms with Crippen molar-refractivity contribution in [1.82, 2.24) is 9.96 Å². The third kappa shape index (κ3) is 2.88. The Labute approximate surface area is 125 Å². The molecule has 0 aromatic heterocycles. The lowest BCUT2D eigenvalue weighted by Gasteiger charge is -2.21. The minimum atomic E-state index is -0.557. The standard InChI is InChI=1S/C16H24N2O3/c1-4-6-15(2)8-11-17(13(15)19)10-5-7-16(3)9-12-18(21)14(16)20/h4-5,10,21H,1,6-9,11-12H2,2-3H3/b10-5+/t15-,16-/m1/s1. The Hall–Kier alpha value is -1.62. The molecular formula is C16H24N2O3. The minimum absolute atomic E-state index is 0.116. The maximum atomic E-state index is 12.4. The van der Waals surface area contributed by atoms with Gasteiger partial charge in [-0.1, -0.05) is 26.0 Å². The SMILES string of the molecule is C=CC[C@]1(C)CCN(/C=C/C[C@]2(C)CCN(O)C2=O)C1=O. The van der Waals surface area contributed by atoms with E-state index in [0.29, 0.717) is 32.4 Å². The van der Waals surface area contributed by atoms with Gasteiger partial charge in [0.25, 0.3) is 5.91 Å². The summed E-state index contributed by atoms with van der Waals surface area (Å²) in [6.45, 7) is 8.62. The summed E-state index contributed by atoms with van der Waals surface area (Å²) >= 11 is 0. The Morgan fingerprint density at radius 3 is 2.33 bits per heavy atom. The highest BCUT2D eigenvalue weighted by Crippen LogP contribution is 2.37. The molecule has 2 aliphatic heterocycles. The van der Waals surface area contributed by atoms with Crippen molar-refractivity contribution in [2.75, 3.05) is 13.1 Å². The molecule has 2 rings (SSSR count). The van der Waals surface area contributed by atoms with Crippen LogP contribution in [0.4, 0.5) is 0 Å². The second kappa shape index (κ2) is 5.64. The molecule has 116 valence electrons. The Balaban J connectivity index is 1.96. The first-order valence-corrected chi connectivity index (χ1v) is 7.42. The van der Waals surface area contributed by atoms with Crippen molar-refractivity contribution in [3.63, 3.8) is 0 Å². The molecule has 21 heavy (non-hydrogen) atoms. The number of allylic oxidation sites excluding steroid dienone is 2. The van der Waals surface area contributed by atoms with Crippen LogP contribution in [0.1, 0.15) is 39.5 Å². The van der Waals surface area contributed by atoms with Gasteiger partial charge in [-0.05, 0) is 25.7 Å². The van der Waals surface area contributed by atoms with Gasteiger partial charge >= 0.3 is 0 Å². The molecule has 0 bridgehead atoms. The summed E-state index contributed by atoms with van der Waals surface area (Å²) in [6, 6.07) is 0. The number of nitrogens with zero attached hydrogens (tertiary/aromatic N) is 2. The zero-order valence-electron chi connectivity index (χ0n) is 12.8. The first kappa shape index (κ1) is 15.8. The van der Waals surface area contributed by atoms with Gasteiger partial charge in [0, 0.05) is 19.3 Å². The van der Waals surface area contributed by atoms with Gasteiger partial charge in [0.1, 0.15) is 0 Å². The highest BCUT2D eigenvalue weighted by atomic mass is 16.5. The van der Waals surface area contributed by atoms with E-state index in [1.54, 1.807) is 17.2 Å². The molecule has 0 radical (unpaired) electrons. The van der Waals surface area contributed by atoms with Gasteiger partial charge in [0.2, 0.25) is 5.91 Å². The third-order valence-electron chi connectivity index (χ3n) is 4.76. The highest BCUT2D eigenvalue weighted by molar-refractivity contribution is 5.85. The summed E-state index contributed by atoms with van der Waals surface area (Å²) in [5, 5.41) is 10.2. The van der Waals surface area contributed by atoms with Crippen molar-refractivity contribution in [2.45, 2.75) is 39.5 Å². The predicted molar refractivity (Wildman–Crippen MR) is 79.2 cm³/mol. The molecule has 2 amide bonds. The number of hydrogen-bond donors (Lipinski definition) is 1. The zero-order chi connectivity index (χ0) is 15.7.